The summed E-state index contributed by atoms with van der Waals surface area (Å²) in [5.41, 5.74) is 2.22. The summed E-state index contributed by atoms with van der Waals surface area (Å²) in [5, 5.41) is 20.8. The van der Waals surface area contributed by atoms with Crippen LogP contribution in [0.4, 0.5) is 0 Å². The van der Waals surface area contributed by atoms with Gasteiger partial charge in [0, 0.05) is 29.5 Å². The number of ether oxygens (including phenoxy) is 1. The molecule has 23 heavy (non-hydrogen) atoms. The van der Waals surface area contributed by atoms with Gasteiger partial charge in [0.05, 0.1) is 0 Å². The number of hydrogen-bond acceptors (Lipinski definition) is 4. The molecule has 0 amide bonds. The first-order chi connectivity index (χ1) is 11.2. The number of likely N-dealkylation sites (tertiary alicyclic amines) is 1. The quantitative estimate of drug-likeness (QED) is 0.817. The third kappa shape index (κ3) is 1.49. The van der Waals surface area contributed by atoms with Gasteiger partial charge in [-0.3, -0.25) is 4.90 Å². The van der Waals surface area contributed by atoms with E-state index < -0.39 is 6.10 Å². The maximum absolute atomic E-state index is 10.5. The van der Waals surface area contributed by atoms with E-state index in [1.807, 2.05) is 18.2 Å². The van der Waals surface area contributed by atoms with Crippen molar-refractivity contribution in [2.75, 3.05) is 13.1 Å². The van der Waals surface area contributed by atoms with Crippen LogP contribution in [0, 0.1) is 5.92 Å². The topological polar surface area (TPSA) is 52.9 Å². The van der Waals surface area contributed by atoms with Gasteiger partial charge in [0.2, 0.25) is 0 Å². The molecule has 1 aromatic rings. The van der Waals surface area contributed by atoms with Gasteiger partial charge >= 0.3 is 0 Å². The average molecular weight is 311 g/mol. The average Bonchev–Trinajstić information content (AvgIpc) is 2.89. The number of aliphatic hydroxyl groups excluding tert-OH is 1. The molecule has 4 heteroatoms. The highest BCUT2D eigenvalue weighted by Crippen LogP contribution is 2.62. The lowest BCUT2D eigenvalue weighted by molar-refractivity contribution is -0.0488. The van der Waals surface area contributed by atoms with Crippen LogP contribution in [0.3, 0.4) is 0 Å². The van der Waals surface area contributed by atoms with Crippen LogP contribution < -0.4 is 4.74 Å². The maximum Gasteiger partial charge on any atom is 0.165 e. The summed E-state index contributed by atoms with van der Waals surface area (Å²) in [5.74, 6) is 1.13. The van der Waals surface area contributed by atoms with Crippen LogP contribution in [0.15, 0.2) is 36.9 Å². The van der Waals surface area contributed by atoms with Crippen LogP contribution in [0.2, 0.25) is 0 Å². The molecule has 0 radical (unpaired) electrons. The van der Waals surface area contributed by atoms with Crippen molar-refractivity contribution in [3.8, 4) is 11.5 Å². The van der Waals surface area contributed by atoms with Gasteiger partial charge in [0.15, 0.2) is 11.5 Å². The normalized spacial score (nSPS) is 39.7. The lowest BCUT2D eigenvalue weighted by atomic mass is 9.53. The Bertz CT molecular complexity index is 728. The van der Waals surface area contributed by atoms with Crippen molar-refractivity contribution in [3.05, 3.63) is 48.1 Å². The zero-order chi connectivity index (χ0) is 15.8. The van der Waals surface area contributed by atoms with Crippen LogP contribution in [0.1, 0.15) is 17.5 Å². The summed E-state index contributed by atoms with van der Waals surface area (Å²) < 4.78 is 6.13. The van der Waals surface area contributed by atoms with Crippen LogP contribution in [-0.2, 0) is 11.8 Å². The Labute approximate surface area is 135 Å². The van der Waals surface area contributed by atoms with E-state index in [-0.39, 0.29) is 17.3 Å². The van der Waals surface area contributed by atoms with E-state index in [0.29, 0.717) is 17.7 Å². The molecular weight excluding hydrogens is 290 g/mol. The summed E-state index contributed by atoms with van der Waals surface area (Å²) in [7, 11) is 0. The van der Waals surface area contributed by atoms with Gasteiger partial charge in [-0.1, -0.05) is 24.3 Å². The Kier molecular flexibility index (Phi) is 2.61. The van der Waals surface area contributed by atoms with Crippen LogP contribution >= 0.6 is 0 Å². The monoisotopic (exact) mass is 311 g/mol. The fourth-order valence-electron chi connectivity index (χ4n) is 5.52. The first-order valence-electron chi connectivity index (χ1n) is 8.40. The number of benzene rings is 1. The largest absolute Gasteiger partial charge is 0.504 e. The van der Waals surface area contributed by atoms with Gasteiger partial charge in [0.25, 0.3) is 0 Å². The van der Waals surface area contributed by atoms with E-state index in [2.05, 4.69) is 17.6 Å². The highest BCUT2D eigenvalue weighted by molar-refractivity contribution is 5.61. The Morgan fingerprint density at radius 3 is 3.09 bits per heavy atom. The molecule has 1 aromatic carbocycles. The number of nitrogens with zero attached hydrogens (tertiary/aromatic N) is 1. The first-order valence-corrected chi connectivity index (χ1v) is 8.40. The molecular formula is C19H21NO3. The first kappa shape index (κ1) is 13.6. The number of phenols is 1. The van der Waals surface area contributed by atoms with E-state index in [4.69, 9.17) is 4.74 Å². The van der Waals surface area contributed by atoms with E-state index in [9.17, 15) is 10.2 Å². The van der Waals surface area contributed by atoms with E-state index >= 15 is 0 Å². The van der Waals surface area contributed by atoms with Crippen LogP contribution in [-0.4, -0.2) is 46.5 Å². The van der Waals surface area contributed by atoms with Crippen molar-refractivity contribution < 1.29 is 14.9 Å². The number of phenolic OH excluding ortho intramolecular Hbond substituents is 1. The van der Waals surface area contributed by atoms with E-state index in [0.717, 1.165) is 31.5 Å². The molecule has 120 valence electrons. The third-order valence-corrected chi connectivity index (χ3v) is 6.35. The summed E-state index contributed by atoms with van der Waals surface area (Å²) in [6.45, 7) is 5.76. The molecule has 4 aliphatic rings. The zero-order valence-corrected chi connectivity index (χ0v) is 13.0. The molecule has 2 N–H and O–H groups in total. The van der Waals surface area contributed by atoms with Crippen molar-refractivity contribution in [2.24, 2.45) is 5.92 Å². The minimum atomic E-state index is -0.615. The molecule has 0 saturated carbocycles. The van der Waals surface area contributed by atoms with Crippen molar-refractivity contribution in [1.29, 1.82) is 0 Å². The molecule has 4 nitrogen and oxygen atoms in total. The standard InChI is InChI=1S/C19H21NO3/c1-2-8-20-9-7-19-12-4-6-15(22)18(19)23-17-14(21)5-3-11(16(17)19)10-13(12)20/h2-6,12-13,15,18,21-22H,1,7-10H2/t12-,13+,15+,18-,19-/m0/s1. The summed E-state index contributed by atoms with van der Waals surface area (Å²) in [6.07, 6.45) is 7.04. The molecule has 2 aliphatic carbocycles. The number of rotatable bonds is 2. The zero-order valence-electron chi connectivity index (χ0n) is 13.0. The highest BCUT2D eigenvalue weighted by Gasteiger charge is 2.64. The molecule has 0 unspecified atom stereocenters. The smallest absolute Gasteiger partial charge is 0.165 e. The second-order valence-corrected chi connectivity index (χ2v) is 7.23. The number of aliphatic hydroxyl groups is 1. The Morgan fingerprint density at radius 2 is 2.26 bits per heavy atom. The summed E-state index contributed by atoms with van der Waals surface area (Å²) in [4.78, 5) is 2.50. The highest BCUT2D eigenvalue weighted by atomic mass is 16.5. The predicted octanol–water partition coefficient (Wildman–Crippen LogP) is 1.75. The minimum absolute atomic E-state index is 0.196. The molecule has 1 fully saturated rings. The Hall–Kier alpha value is -1.78. The Morgan fingerprint density at radius 1 is 1.39 bits per heavy atom. The van der Waals surface area contributed by atoms with E-state index in [1.54, 1.807) is 6.07 Å². The molecule has 1 spiro atoms. The van der Waals surface area contributed by atoms with Gasteiger partial charge < -0.3 is 14.9 Å². The molecule has 2 bridgehead atoms. The summed E-state index contributed by atoms with van der Waals surface area (Å²) >= 11 is 0. The van der Waals surface area contributed by atoms with Crippen LogP contribution in [0.25, 0.3) is 0 Å². The number of hydrogen-bond donors (Lipinski definition) is 2. The predicted molar refractivity (Wildman–Crippen MR) is 86.7 cm³/mol. The lowest BCUT2D eigenvalue weighted by Crippen LogP contribution is -2.65. The van der Waals surface area contributed by atoms with Crippen molar-refractivity contribution in [3.63, 3.8) is 0 Å². The molecule has 5 atom stereocenters. The number of aromatic hydroxyl groups is 1. The lowest BCUT2D eigenvalue weighted by Gasteiger charge is -2.57. The van der Waals surface area contributed by atoms with Crippen molar-refractivity contribution in [1.82, 2.24) is 4.90 Å². The van der Waals surface area contributed by atoms with Gasteiger partial charge in [0.1, 0.15) is 12.2 Å². The van der Waals surface area contributed by atoms with E-state index in [1.165, 1.54) is 5.56 Å². The fraction of sp³-hybridized carbons (Fsp3) is 0.474. The Balaban J connectivity index is 1.76. The second kappa shape index (κ2) is 4.40. The summed E-state index contributed by atoms with van der Waals surface area (Å²) in [6, 6.07) is 4.17. The third-order valence-electron chi connectivity index (χ3n) is 6.35. The van der Waals surface area contributed by atoms with Crippen molar-refractivity contribution in [2.45, 2.75) is 36.5 Å². The SMILES string of the molecule is C=CCN1CC[C@]23c4c5ccc(O)c4O[C@H]2[C@H](O)C=C[C@H]3[C@H]1C5. The molecule has 0 aromatic heterocycles. The van der Waals surface area contributed by atoms with Gasteiger partial charge in [-0.05, 0) is 31.0 Å². The molecule has 1 saturated heterocycles. The molecule has 2 heterocycles. The second-order valence-electron chi connectivity index (χ2n) is 7.23. The fourth-order valence-corrected chi connectivity index (χ4v) is 5.52. The van der Waals surface area contributed by atoms with Gasteiger partial charge in [-0.25, -0.2) is 0 Å². The molecule has 5 rings (SSSR count). The van der Waals surface area contributed by atoms with Gasteiger partial charge in [-0.15, -0.1) is 6.58 Å². The molecule has 2 aliphatic heterocycles. The van der Waals surface area contributed by atoms with Crippen molar-refractivity contribution >= 4 is 0 Å². The van der Waals surface area contributed by atoms with Gasteiger partial charge in [-0.2, -0.15) is 0 Å². The number of piperidine rings is 1. The minimum Gasteiger partial charge on any atom is -0.504 e. The maximum atomic E-state index is 10.5. The van der Waals surface area contributed by atoms with Crippen LogP contribution in [0.5, 0.6) is 11.5 Å².